The Morgan fingerprint density at radius 1 is 1.24 bits per heavy atom. The predicted octanol–water partition coefficient (Wildman–Crippen LogP) is 2.80. The molecule has 1 heterocycles. The van der Waals surface area contributed by atoms with Crippen molar-refractivity contribution in [3.63, 3.8) is 0 Å². The summed E-state index contributed by atoms with van der Waals surface area (Å²) < 4.78 is 43.2. The van der Waals surface area contributed by atoms with E-state index in [1.165, 1.54) is 12.1 Å². The highest BCUT2D eigenvalue weighted by Crippen LogP contribution is 2.32. The number of rotatable bonds is 2. The van der Waals surface area contributed by atoms with Crippen LogP contribution in [0.1, 0.15) is 31.2 Å². The van der Waals surface area contributed by atoms with Crippen LogP contribution in [0.4, 0.5) is 13.2 Å². The van der Waals surface area contributed by atoms with Crippen LogP contribution in [0.25, 0.3) is 0 Å². The number of carboxylic acids is 1. The van der Waals surface area contributed by atoms with Gasteiger partial charge in [-0.1, -0.05) is 19.1 Å². The van der Waals surface area contributed by atoms with Crippen molar-refractivity contribution < 1.29 is 27.8 Å². The molecular weight excluding hydrogens is 287 g/mol. The maximum absolute atomic E-state index is 12.5. The molecule has 1 aliphatic heterocycles. The molecule has 2 N–H and O–H groups in total. The number of hydrogen-bond donors (Lipinski definition) is 2. The van der Waals surface area contributed by atoms with Crippen molar-refractivity contribution in [1.82, 2.24) is 5.32 Å². The average molecular weight is 303 g/mol. The van der Waals surface area contributed by atoms with E-state index < -0.39 is 30.0 Å². The van der Waals surface area contributed by atoms with Crippen molar-refractivity contribution in [2.45, 2.75) is 38.4 Å². The largest absolute Gasteiger partial charge is 0.480 e. The summed E-state index contributed by atoms with van der Waals surface area (Å²) >= 11 is 0. The lowest BCUT2D eigenvalue weighted by Crippen LogP contribution is -2.53. The minimum Gasteiger partial charge on any atom is -0.480 e. The van der Waals surface area contributed by atoms with Crippen molar-refractivity contribution in [3.8, 4) is 0 Å². The zero-order valence-electron chi connectivity index (χ0n) is 11.5. The smallest absolute Gasteiger partial charge is 0.416 e. The van der Waals surface area contributed by atoms with Crippen molar-refractivity contribution in [3.05, 3.63) is 35.4 Å². The van der Waals surface area contributed by atoms with E-state index in [0.717, 1.165) is 12.1 Å². The zero-order chi connectivity index (χ0) is 15.8. The number of carbonyl (C=O) groups is 1. The average Bonchev–Trinajstić information content (AvgIpc) is 2.40. The van der Waals surface area contributed by atoms with E-state index in [9.17, 15) is 23.1 Å². The molecule has 1 fully saturated rings. The van der Waals surface area contributed by atoms with Gasteiger partial charge in [0.15, 0.2) is 0 Å². The third kappa shape index (κ3) is 3.36. The van der Waals surface area contributed by atoms with Crippen LogP contribution < -0.4 is 5.32 Å². The molecular formula is C14H16F3NO3. The van der Waals surface area contributed by atoms with Gasteiger partial charge in [0.25, 0.3) is 0 Å². The zero-order valence-corrected chi connectivity index (χ0v) is 11.5. The molecule has 4 nitrogen and oxygen atoms in total. The molecule has 1 aliphatic rings. The van der Waals surface area contributed by atoms with Gasteiger partial charge >= 0.3 is 12.1 Å². The SMILES string of the molecule is C[C@H]1[C@H](C)O[C@H](c2ccc(C(F)(F)F)cc2)N[C@@H]1C(=O)O. The molecule has 7 heteroatoms. The van der Waals surface area contributed by atoms with E-state index in [4.69, 9.17) is 4.74 Å². The Kier molecular flexibility index (Phi) is 4.25. The fourth-order valence-electron chi connectivity index (χ4n) is 2.28. The van der Waals surface area contributed by atoms with Crippen LogP contribution in [0.2, 0.25) is 0 Å². The second kappa shape index (κ2) is 5.65. The molecule has 0 spiro atoms. The highest BCUT2D eigenvalue weighted by Gasteiger charge is 2.38. The van der Waals surface area contributed by atoms with Crippen LogP contribution in [0.5, 0.6) is 0 Å². The van der Waals surface area contributed by atoms with Crippen LogP contribution in [0.3, 0.4) is 0 Å². The van der Waals surface area contributed by atoms with E-state index in [1.54, 1.807) is 13.8 Å². The van der Waals surface area contributed by atoms with Gasteiger partial charge in [-0.3, -0.25) is 10.1 Å². The van der Waals surface area contributed by atoms with E-state index in [1.807, 2.05) is 0 Å². The maximum Gasteiger partial charge on any atom is 0.416 e. The molecule has 0 unspecified atom stereocenters. The van der Waals surface area contributed by atoms with Gasteiger partial charge in [0.1, 0.15) is 12.3 Å². The maximum atomic E-state index is 12.5. The van der Waals surface area contributed by atoms with E-state index in [0.29, 0.717) is 5.56 Å². The van der Waals surface area contributed by atoms with Gasteiger partial charge in [-0.15, -0.1) is 0 Å². The molecule has 21 heavy (non-hydrogen) atoms. The number of benzene rings is 1. The second-order valence-electron chi connectivity index (χ2n) is 5.18. The van der Waals surface area contributed by atoms with Crippen LogP contribution in [-0.4, -0.2) is 23.2 Å². The predicted molar refractivity (Wildman–Crippen MR) is 68.5 cm³/mol. The Morgan fingerprint density at radius 3 is 2.29 bits per heavy atom. The van der Waals surface area contributed by atoms with Gasteiger partial charge in [0, 0.05) is 5.92 Å². The number of halogens is 3. The monoisotopic (exact) mass is 303 g/mol. The van der Waals surface area contributed by atoms with Crippen LogP contribution in [0, 0.1) is 5.92 Å². The van der Waals surface area contributed by atoms with Crippen LogP contribution in [-0.2, 0) is 15.7 Å². The lowest BCUT2D eigenvalue weighted by Gasteiger charge is -2.38. The third-order valence-corrected chi connectivity index (χ3v) is 3.75. The van der Waals surface area contributed by atoms with E-state index in [-0.39, 0.29) is 12.0 Å². The molecule has 1 saturated heterocycles. The topological polar surface area (TPSA) is 58.6 Å². The van der Waals surface area contributed by atoms with Crippen LogP contribution in [0.15, 0.2) is 24.3 Å². The summed E-state index contributed by atoms with van der Waals surface area (Å²) in [6.07, 6.45) is -5.45. The third-order valence-electron chi connectivity index (χ3n) is 3.75. The minimum atomic E-state index is -4.40. The quantitative estimate of drug-likeness (QED) is 0.882. The van der Waals surface area contributed by atoms with Gasteiger partial charge < -0.3 is 9.84 Å². The Morgan fingerprint density at radius 2 is 1.81 bits per heavy atom. The molecule has 0 saturated carbocycles. The van der Waals surface area contributed by atoms with Gasteiger partial charge in [0.05, 0.1) is 11.7 Å². The first-order valence-corrected chi connectivity index (χ1v) is 6.51. The highest BCUT2D eigenvalue weighted by atomic mass is 19.4. The molecule has 0 amide bonds. The van der Waals surface area contributed by atoms with Crippen LogP contribution >= 0.6 is 0 Å². The van der Waals surface area contributed by atoms with Crippen molar-refractivity contribution in [1.29, 1.82) is 0 Å². The first kappa shape index (κ1) is 15.8. The van der Waals surface area contributed by atoms with Crippen molar-refractivity contribution >= 4 is 5.97 Å². The summed E-state index contributed by atoms with van der Waals surface area (Å²) in [4.78, 5) is 11.2. The van der Waals surface area contributed by atoms with Crippen molar-refractivity contribution in [2.75, 3.05) is 0 Å². The molecule has 0 aliphatic carbocycles. The fraction of sp³-hybridized carbons (Fsp3) is 0.500. The normalized spacial score (nSPS) is 30.1. The number of carboxylic acid groups (broad SMARTS) is 1. The Balaban J connectivity index is 2.20. The molecule has 0 bridgehead atoms. The number of nitrogens with one attached hydrogen (secondary N) is 1. The number of alkyl halides is 3. The van der Waals surface area contributed by atoms with Gasteiger partial charge in [0.2, 0.25) is 0 Å². The van der Waals surface area contributed by atoms with Gasteiger partial charge in [-0.2, -0.15) is 13.2 Å². The number of ether oxygens (including phenoxy) is 1. The summed E-state index contributed by atoms with van der Waals surface area (Å²) in [5, 5.41) is 12.0. The number of aliphatic carboxylic acids is 1. The number of hydrogen-bond acceptors (Lipinski definition) is 3. The standard InChI is InChI=1S/C14H16F3NO3/c1-7-8(2)21-12(18-11(7)13(19)20)9-3-5-10(6-4-9)14(15,16)17/h3-8,11-12,18H,1-2H3,(H,19,20)/t7-,8-,11-,12+/m0/s1. The highest BCUT2D eigenvalue weighted by molar-refractivity contribution is 5.74. The summed E-state index contributed by atoms with van der Waals surface area (Å²) in [7, 11) is 0. The Hall–Kier alpha value is -1.60. The summed E-state index contributed by atoms with van der Waals surface area (Å²) in [6.45, 7) is 3.50. The van der Waals surface area contributed by atoms with E-state index >= 15 is 0 Å². The van der Waals surface area contributed by atoms with Gasteiger partial charge in [-0.05, 0) is 24.6 Å². The molecule has 0 radical (unpaired) electrons. The molecule has 4 atom stereocenters. The van der Waals surface area contributed by atoms with E-state index in [2.05, 4.69) is 5.32 Å². The molecule has 1 aromatic rings. The first-order chi connectivity index (χ1) is 9.70. The Bertz CT molecular complexity index is 515. The first-order valence-electron chi connectivity index (χ1n) is 6.51. The minimum absolute atomic E-state index is 0.242. The molecule has 0 aromatic heterocycles. The van der Waals surface area contributed by atoms with Gasteiger partial charge in [-0.25, -0.2) is 0 Å². The summed E-state index contributed by atoms with van der Waals surface area (Å²) in [5.74, 6) is -1.25. The second-order valence-corrected chi connectivity index (χ2v) is 5.18. The summed E-state index contributed by atoms with van der Waals surface area (Å²) in [6, 6.07) is 3.70. The lowest BCUT2D eigenvalue weighted by molar-refractivity contribution is -0.155. The summed E-state index contributed by atoms with van der Waals surface area (Å²) in [5.41, 5.74) is -0.286. The molecule has 2 rings (SSSR count). The Labute approximate surface area is 119 Å². The fourth-order valence-corrected chi connectivity index (χ4v) is 2.28. The molecule has 116 valence electrons. The molecule has 1 aromatic carbocycles. The van der Waals surface area contributed by atoms with Crippen molar-refractivity contribution in [2.24, 2.45) is 5.92 Å². The lowest BCUT2D eigenvalue weighted by atomic mass is 9.93.